The van der Waals surface area contributed by atoms with Crippen molar-refractivity contribution >= 4 is 49.1 Å². The molecule has 5 aromatic rings. The van der Waals surface area contributed by atoms with Crippen LogP contribution in [0.4, 0.5) is 4.39 Å². The number of benzene rings is 2. The molecular formula is C22H18FN7O3S3. The summed E-state index contributed by atoms with van der Waals surface area (Å²) in [5.41, 5.74) is 1.48. The first-order chi connectivity index (χ1) is 17.4. The minimum atomic E-state index is -3.71. The third kappa shape index (κ3) is 4.10. The zero-order valence-corrected chi connectivity index (χ0v) is 21.1. The quantitative estimate of drug-likeness (QED) is 0.332. The van der Waals surface area contributed by atoms with Crippen molar-refractivity contribution in [2.45, 2.75) is 11.4 Å². The largest absolute Gasteiger partial charge is 0.295 e. The number of piperazine rings is 1. The second-order valence-corrected chi connectivity index (χ2v) is 11.6. The first-order valence-electron chi connectivity index (χ1n) is 11.0. The Balaban J connectivity index is 1.19. The highest BCUT2D eigenvalue weighted by Gasteiger charge is 2.31. The summed E-state index contributed by atoms with van der Waals surface area (Å²) >= 11 is 2.13. The molecule has 6 rings (SSSR count). The van der Waals surface area contributed by atoms with Gasteiger partial charge in [-0.3, -0.25) is 9.69 Å². The molecule has 10 nitrogen and oxygen atoms in total. The molecule has 0 unspecified atom stereocenters. The Labute approximate surface area is 212 Å². The Kier molecular flexibility index (Phi) is 5.84. The van der Waals surface area contributed by atoms with Crippen LogP contribution in [-0.2, 0) is 16.6 Å². The molecule has 1 fully saturated rings. The molecule has 0 radical (unpaired) electrons. The van der Waals surface area contributed by atoms with Crippen molar-refractivity contribution in [3.63, 3.8) is 0 Å². The number of hydrogen-bond acceptors (Lipinski definition) is 10. The normalized spacial score (nSPS) is 15.7. The van der Waals surface area contributed by atoms with Gasteiger partial charge in [0.1, 0.15) is 21.7 Å². The second-order valence-electron chi connectivity index (χ2n) is 8.24. The molecule has 184 valence electrons. The highest BCUT2D eigenvalue weighted by atomic mass is 32.2. The van der Waals surface area contributed by atoms with E-state index in [0.29, 0.717) is 65.0 Å². The number of hydrogen-bond donors (Lipinski definition) is 0. The van der Waals surface area contributed by atoms with E-state index in [-0.39, 0.29) is 10.5 Å². The molecule has 0 bridgehead atoms. The molecule has 1 saturated heterocycles. The fourth-order valence-electron chi connectivity index (χ4n) is 4.17. The van der Waals surface area contributed by atoms with E-state index >= 15 is 0 Å². The molecule has 0 N–H and O–H groups in total. The Morgan fingerprint density at radius 2 is 1.81 bits per heavy atom. The lowest BCUT2D eigenvalue weighted by Gasteiger charge is -2.33. The van der Waals surface area contributed by atoms with Crippen LogP contribution in [0.2, 0.25) is 0 Å². The van der Waals surface area contributed by atoms with Gasteiger partial charge in [0.25, 0.3) is 5.56 Å². The summed E-state index contributed by atoms with van der Waals surface area (Å²) in [4.78, 5) is 19.8. The predicted octanol–water partition coefficient (Wildman–Crippen LogP) is 2.47. The average molecular weight is 544 g/mol. The minimum Gasteiger partial charge on any atom is -0.295 e. The Hall–Kier alpha value is -3.17. The summed E-state index contributed by atoms with van der Waals surface area (Å²) in [5, 5.41) is 4.61. The van der Waals surface area contributed by atoms with Gasteiger partial charge in [-0.2, -0.15) is 22.7 Å². The van der Waals surface area contributed by atoms with Gasteiger partial charge in [0, 0.05) is 44.4 Å². The van der Waals surface area contributed by atoms with Crippen LogP contribution in [-0.4, -0.2) is 67.1 Å². The summed E-state index contributed by atoms with van der Waals surface area (Å²) in [7, 11) is -3.71. The van der Waals surface area contributed by atoms with Gasteiger partial charge >= 0.3 is 0 Å². The van der Waals surface area contributed by atoms with Crippen LogP contribution >= 0.6 is 23.1 Å². The molecule has 36 heavy (non-hydrogen) atoms. The van der Waals surface area contributed by atoms with Gasteiger partial charge in [-0.1, -0.05) is 29.5 Å². The van der Waals surface area contributed by atoms with Crippen molar-refractivity contribution in [2.75, 3.05) is 26.2 Å². The Morgan fingerprint density at radius 1 is 1.00 bits per heavy atom. The van der Waals surface area contributed by atoms with E-state index in [1.54, 1.807) is 36.4 Å². The lowest BCUT2D eigenvalue weighted by atomic mass is 10.2. The van der Waals surface area contributed by atoms with E-state index in [1.807, 2.05) is 4.90 Å². The number of fused-ring (bicyclic) bond motifs is 2. The van der Waals surface area contributed by atoms with E-state index in [0.717, 1.165) is 23.1 Å². The summed E-state index contributed by atoms with van der Waals surface area (Å²) in [6.45, 7) is 1.95. The molecule has 0 atom stereocenters. The minimum absolute atomic E-state index is 0.165. The average Bonchev–Trinajstić information content (AvgIpc) is 3.52. The van der Waals surface area contributed by atoms with Gasteiger partial charge in [0.2, 0.25) is 15.0 Å². The van der Waals surface area contributed by atoms with Gasteiger partial charge in [0.15, 0.2) is 5.01 Å². The SMILES string of the molecule is O=c1cc(CN2CCN(S(=O)(=O)c3cccc4nsnc34)CC2)nc2sc(-c3ccccc3F)nn12. The first-order valence-corrected chi connectivity index (χ1v) is 14.0. The van der Waals surface area contributed by atoms with Crippen LogP contribution in [0.5, 0.6) is 0 Å². The van der Waals surface area contributed by atoms with Gasteiger partial charge in [-0.15, -0.1) is 0 Å². The number of nitrogens with zero attached hydrogens (tertiary/aromatic N) is 7. The van der Waals surface area contributed by atoms with Crippen LogP contribution < -0.4 is 5.56 Å². The van der Waals surface area contributed by atoms with Crippen LogP contribution in [0, 0.1) is 5.82 Å². The van der Waals surface area contributed by atoms with Crippen molar-refractivity contribution in [3.8, 4) is 10.6 Å². The van der Waals surface area contributed by atoms with Crippen molar-refractivity contribution in [3.05, 3.63) is 70.4 Å². The maximum Gasteiger partial charge on any atom is 0.275 e. The van der Waals surface area contributed by atoms with E-state index in [4.69, 9.17) is 0 Å². The molecule has 0 amide bonds. The van der Waals surface area contributed by atoms with Crippen LogP contribution in [0.15, 0.2) is 58.2 Å². The monoisotopic (exact) mass is 543 g/mol. The van der Waals surface area contributed by atoms with Gasteiger partial charge in [-0.05, 0) is 24.3 Å². The molecule has 0 aliphatic carbocycles. The van der Waals surface area contributed by atoms with E-state index in [1.165, 1.54) is 21.0 Å². The summed E-state index contributed by atoms with van der Waals surface area (Å²) in [6.07, 6.45) is 0. The predicted molar refractivity (Wildman–Crippen MR) is 134 cm³/mol. The standard InChI is InChI=1S/C22H18FN7O3S3/c23-16-5-2-1-4-15(16)21-25-30-19(31)12-14(24-22(30)34-21)13-28-8-10-29(11-9-28)36(32,33)18-7-3-6-17-20(18)27-35-26-17/h1-7,12H,8-11,13H2. The van der Waals surface area contributed by atoms with Crippen molar-refractivity contribution in [2.24, 2.45) is 0 Å². The topological polar surface area (TPSA) is 114 Å². The van der Waals surface area contributed by atoms with E-state index in [2.05, 4.69) is 18.8 Å². The van der Waals surface area contributed by atoms with Crippen molar-refractivity contribution < 1.29 is 12.8 Å². The second kappa shape index (κ2) is 9.05. The molecule has 2 aromatic carbocycles. The van der Waals surface area contributed by atoms with E-state index < -0.39 is 15.8 Å². The number of rotatable bonds is 5. The summed E-state index contributed by atoms with van der Waals surface area (Å²) in [5.74, 6) is -0.417. The highest BCUT2D eigenvalue weighted by Crippen LogP contribution is 2.27. The Morgan fingerprint density at radius 3 is 2.61 bits per heavy atom. The fourth-order valence-corrected chi connectivity index (χ4v) is 7.29. The zero-order valence-electron chi connectivity index (χ0n) is 18.6. The number of sulfonamides is 1. The number of aromatic nitrogens is 5. The lowest BCUT2D eigenvalue weighted by Crippen LogP contribution is -2.48. The first kappa shape index (κ1) is 23.2. The summed E-state index contributed by atoms with van der Waals surface area (Å²) < 4.78 is 51.6. The van der Waals surface area contributed by atoms with Gasteiger partial charge in [0.05, 0.1) is 17.4 Å². The van der Waals surface area contributed by atoms with Crippen molar-refractivity contribution in [1.29, 1.82) is 0 Å². The van der Waals surface area contributed by atoms with Gasteiger partial charge in [-0.25, -0.2) is 17.8 Å². The van der Waals surface area contributed by atoms with E-state index in [9.17, 15) is 17.6 Å². The smallest absolute Gasteiger partial charge is 0.275 e. The maximum absolute atomic E-state index is 14.2. The van der Waals surface area contributed by atoms with Crippen LogP contribution in [0.3, 0.4) is 0 Å². The van der Waals surface area contributed by atoms with Crippen LogP contribution in [0.25, 0.3) is 26.6 Å². The molecule has 14 heteroatoms. The third-order valence-electron chi connectivity index (χ3n) is 5.99. The molecular weight excluding hydrogens is 525 g/mol. The number of halogens is 1. The Bertz CT molecular complexity index is 1760. The lowest BCUT2D eigenvalue weighted by molar-refractivity contribution is 0.180. The molecule has 0 saturated carbocycles. The maximum atomic E-state index is 14.2. The molecule has 3 aromatic heterocycles. The fraction of sp³-hybridized carbons (Fsp3) is 0.227. The van der Waals surface area contributed by atoms with Crippen LogP contribution in [0.1, 0.15) is 5.69 Å². The third-order valence-corrected chi connectivity index (χ3v) is 9.40. The molecule has 4 heterocycles. The van der Waals surface area contributed by atoms with Crippen molar-refractivity contribution in [1.82, 2.24) is 32.6 Å². The molecule has 0 spiro atoms. The summed E-state index contributed by atoms with van der Waals surface area (Å²) in [6, 6.07) is 12.6. The molecule has 1 aliphatic heterocycles. The zero-order chi connectivity index (χ0) is 24.9. The molecule has 1 aliphatic rings. The van der Waals surface area contributed by atoms with Gasteiger partial charge < -0.3 is 0 Å². The highest BCUT2D eigenvalue weighted by molar-refractivity contribution is 7.89.